The molecule has 0 heterocycles. The van der Waals surface area contributed by atoms with Crippen molar-refractivity contribution >= 4 is 40.9 Å². The van der Waals surface area contributed by atoms with Gasteiger partial charge in [0.05, 0.1) is 11.5 Å². The third-order valence-corrected chi connectivity index (χ3v) is 3.84. The molecule has 0 fully saturated rings. The molecule has 1 aromatic rings. The van der Waals surface area contributed by atoms with Gasteiger partial charge in [-0.1, -0.05) is 17.7 Å². The molecule has 110 valence electrons. The highest BCUT2D eigenvalue weighted by Crippen LogP contribution is 2.15. The number of thioether (sulfide) groups is 1. The second kappa shape index (κ2) is 8.87. The number of nitrogens with one attached hydrogen (secondary N) is 1. The summed E-state index contributed by atoms with van der Waals surface area (Å²) < 4.78 is 0. The van der Waals surface area contributed by atoms with Crippen LogP contribution >= 0.6 is 23.4 Å². The molecule has 0 aromatic heterocycles. The van der Waals surface area contributed by atoms with E-state index in [4.69, 9.17) is 11.6 Å². The monoisotopic (exact) mass is 314 g/mol. The van der Waals surface area contributed by atoms with Crippen LogP contribution < -0.4 is 5.32 Å². The fourth-order valence-electron chi connectivity index (χ4n) is 1.66. The SMILES string of the molecule is CCN(CC)C(=O)CSCC(=O)Nc1cccc(Cl)c1. The Bertz CT molecular complexity index is 464. The number of anilines is 1. The van der Waals surface area contributed by atoms with E-state index in [2.05, 4.69) is 5.32 Å². The van der Waals surface area contributed by atoms with Crippen LogP contribution in [0.1, 0.15) is 13.8 Å². The van der Waals surface area contributed by atoms with Crippen LogP contribution in [0, 0.1) is 0 Å². The Morgan fingerprint density at radius 3 is 2.55 bits per heavy atom. The Labute approximate surface area is 128 Å². The smallest absolute Gasteiger partial charge is 0.234 e. The summed E-state index contributed by atoms with van der Waals surface area (Å²) in [4.78, 5) is 25.2. The summed E-state index contributed by atoms with van der Waals surface area (Å²) in [7, 11) is 0. The van der Waals surface area contributed by atoms with E-state index < -0.39 is 0 Å². The molecule has 0 saturated heterocycles. The Hall–Kier alpha value is -1.20. The van der Waals surface area contributed by atoms with E-state index in [1.165, 1.54) is 11.8 Å². The number of benzene rings is 1. The van der Waals surface area contributed by atoms with Crippen LogP contribution in [0.4, 0.5) is 5.69 Å². The van der Waals surface area contributed by atoms with E-state index in [0.717, 1.165) is 0 Å². The quantitative estimate of drug-likeness (QED) is 0.842. The topological polar surface area (TPSA) is 49.4 Å². The van der Waals surface area contributed by atoms with Gasteiger partial charge in [-0.25, -0.2) is 0 Å². The van der Waals surface area contributed by atoms with Gasteiger partial charge in [-0.3, -0.25) is 9.59 Å². The van der Waals surface area contributed by atoms with Gasteiger partial charge in [0.25, 0.3) is 0 Å². The number of carbonyl (C=O) groups is 2. The van der Waals surface area contributed by atoms with Gasteiger partial charge in [0.15, 0.2) is 0 Å². The maximum absolute atomic E-state index is 11.7. The lowest BCUT2D eigenvalue weighted by Gasteiger charge is -2.18. The van der Waals surface area contributed by atoms with Crippen molar-refractivity contribution in [2.24, 2.45) is 0 Å². The summed E-state index contributed by atoms with van der Waals surface area (Å²) in [6.07, 6.45) is 0. The lowest BCUT2D eigenvalue weighted by molar-refractivity contribution is -0.127. The van der Waals surface area contributed by atoms with Crippen molar-refractivity contribution in [3.05, 3.63) is 29.3 Å². The van der Waals surface area contributed by atoms with Crippen molar-refractivity contribution in [2.75, 3.05) is 29.9 Å². The van der Waals surface area contributed by atoms with Crippen LogP contribution in [-0.2, 0) is 9.59 Å². The van der Waals surface area contributed by atoms with E-state index in [9.17, 15) is 9.59 Å². The van der Waals surface area contributed by atoms with Gasteiger partial charge in [-0.15, -0.1) is 11.8 Å². The fourth-order valence-corrected chi connectivity index (χ4v) is 2.57. The lowest BCUT2D eigenvalue weighted by Crippen LogP contribution is -2.32. The minimum Gasteiger partial charge on any atom is -0.343 e. The molecule has 1 aromatic carbocycles. The number of rotatable bonds is 7. The van der Waals surface area contributed by atoms with Crippen LogP contribution in [0.2, 0.25) is 5.02 Å². The normalized spacial score (nSPS) is 10.2. The van der Waals surface area contributed by atoms with Gasteiger partial charge < -0.3 is 10.2 Å². The van der Waals surface area contributed by atoms with E-state index in [1.54, 1.807) is 29.2 Å². The fraction of sp³-hybridized carbons (Fsp3) is 0.429. The van der Waals surface area contributed by atoms with Gasteiger partial charge in [0, 0.05) is 23.8 Å². The van der Waals surface area contributed by atoms with Crippen molar-refractivity contribution in [3.63, 3.8) is 0 Å². The highest BCUT2D eigenvalue weighted by Gasteiger charge is 2.10. The molecule has 20 heavy (non-hydrogen) atoms. The largest absolute Gasteiger partial charge is 0.343 e. The number of amides is 2. The molecule has 1 rings (SSSR count). The molecular weight excluding hydrogens is 296 g/mol. The molecule has 4 nitrogen and oxygen atoms in total. The molecular formula is C14H19ClN2O2S. The van der Waals surface area contributed by atoms with Gasteiger partial charge in [-0.05, 0) is 32.0 Å². The van der Waals surface area contributed by atoms with Crippen molar-refractivity contribution in [1.82, 2.24) is 4.90 Å². The third kappa shape index (κ3) is 5.84. The minimum atomic E-state index is -0.135. The Balaban J connectivity index is 2.32. The summed E-state index contributed by atoms with van der Waals surface area (Å²) in [5, 5.41) is 3.32. The van der Waals surface area contributed by atoms with Crippen LogP contribution in [-0.4, -0.2) is 41.3 Å². The van der Waals surface area contributed by atoms with E-state index in [0.29, 0.717) is 29.6 Å². The summed E-state index contributed by atoms with van der Waals surface area (Å²) in [6, 6.07) is 6.98. The summed E-state index contributed by atoms with van der Waals surface area (Å²) in [6.45, 7) is 5.28. The predicted molar refractivity (Wildman–Crippen MR) is 85.3 cm³/mol. The second-order valence-electron chi connectivity index (χ2n) is 4.12. The molecule has 2 amide bonds. The molecule has 0 aliphatic carbocycles. The Morgan fingerprint density at radius 2 is 1.95 bits per heavy atom. The van der Waals surface area contributed by atoms with Crippen molar-refractivity contribution < 1.29 is 9.59 Å². The molecule has 0 radical (unpaired) electrons. The molecule has 0 bridgehead atoms. The van der Waals surface area contributed by atoms with Gasteiger partial charge in [0.1, 0.15) is 0 Å². The molecule has 0 spiro atoms. The number of halogens is 1. The maximum atomic E-state index is 11.7. The molecule has 0 aliphatic rings. The molecule has 0 aliphatic heterocycles. The predicted octanol–water partition coefficient (Wildman–Crippen LogP) is 2.88. The van der Waals surface area contributed by atoms with Gasteiger partial charge in [0.2, 0.25) is 11.8 Å². The first-order chi connectivity index (χ1) is 9.56. The van der Waals surface area contributed by atoms with Crippen molar-refractivity contribution in [2.45, 2.75) is 13.8 Å². The third-order valence-electron chi connectivity index (χ3n) is 2.68. The zero-order valence-electron chi connectivity index (χ0n) is 11.7. The summed E-state index contributed by atoms with van der Waals surface area (Å²) >= 11 is 7.15. The summed E-state index contributed by atoms with van der Waals surface area (Å²) in [5.74, 6) is 0.504. The Kier molecular flexibility index (Phi) is 7.47. The first-order valence-electron chi connectivity index (χ1n) is 6.47. The molecule has 0 unspecified atom stereocenters. The molecule has 6 heteroatoms. The zero-order valence-corrected chi connectivity index (χ0v) is 13.3. The number of carbonyl (C=O) groups excluding carboxylic acids is 2. The van der Waals surface area contributed by atoms with Gasteiger partial charge >= 0.3 is 0 Å². The molecule has 0 saturated carbocycles. The zero-order chi connectivity index (χ0) is 15.0. The average Bonchev–Trinajstić information content (AvgIpc) is 2.40. The number of hydrogen-bond donors (Lipinski definition) is 1. The highest BCUT2D eigenvalue weighted by molar-refractivity contribution is 8.00. The first-order valence-corrected chi connectivity index (χ1v) is 8.01. The van der Waals surface area contributed by atoms with E-state index in [1.807, 2.05) is 13.8 Å². The van der Waals surface area contributed by atoms with E-state index in [-0.39, 0.29) is 17.6 Å². The van der Waals surface area contributed by atoms with Crippen molar-refractivity contribution in [1.29, 1.82) is 0 Å². The Morgan fingerprint density at radius 1 is 1.25 bits per heavy atom. The first kappa shape index (κ1) is 16.9. The maximum Gasteiger partial charge on any atom is 0.234 e. The molecule has 1 N–H and O–H groups in total. The number of nitrogens with zero attached hydrogens (tertiary/aromatic N) is 1. The summed E-state index contributed by atoms with van der Waals surface area (Å²) in [5.41, 5.74) is 0.665. The lowest BCUT2D eigenvalue weighted by atomic mass is 10.3. The number of hydrogen-bond acceptors (Lipinski definition) is 3. The van der Waals surface area contributed by atoms with Gasteiger partial charge in [-0.2, -0.15) is 0 Å². The second-order valence-corrected chi connectivity index (χ2v) is 5.54. The highest BCUT2D eigenvalue weighted by atomic mass is 35.5. The van der Waals surface area contributed by atoms with Crippen molar-refractivity contribution in [3.8, 4) is 0 Å². The van der Waals surface area contributed by atoms with Crippen LogP contribution in [0.25, 0.3) is 0 Å². The van der Waals surface area contributed by atoms with Crippen LogP contribution in [0.15, 0.2) is 24.3 Å². The average molecular weight is 315 g/mol. The van der Waals surface area contributed by atoms with Crippen LogP contribution in [0.5, 0.6) is 0 Å². The molecule has 0 atom stereocenters. The minimum absolute atomic E-state index is 0.0653. The standard InChI is InChI=1S/C14H19ClN2O2S/c1-3-17(4-2)14(19)10-20-9-13(18)16-12-7-5-6-11(15)8-12/h5-8H,3-4,9-10H2,1-2H3,(H,16,18). The van der Waals surface area contributed by atoms with Crippen LogP contribution in [0.3, 0.4) is 0 Å². The van der Waals surface area contributed by atoms with E-state index >= 15 is 0 Å².